The molecule has 1 atom stereocenters. The molecular weight excluding hydrogens is 360 g/mol. The molecule has 138 valence electrons. The van der Waals surface area contributed by atoms with Crippen LogP contribution in [0.4, 0.5) is 0 Å². The smallest absolute Gasteiger partial charge is 0.240 e. The van der Waals surface area contributed by atoms with Crippen LogP contribution in [0.3, 0.4) is 0 Å². The number of carbonyl (C=O) groups excluding carboxylic acids is 1. The van der Waals surface area contributed by atoms with Gasteiger partial charge in [-0.2, -0.15) is 5.10 Å². The van der Waals surface area contributed by atoms with Crippen LogP contribution in [0.15, 0.2) is 48.5 Å². The molecule has 2 heterocycles. The van der Waals surface area contributed by atoms with Gasteiger partial charge in [0, 0.05) is 12.0 Å². The van der Waals surface area contributed by atoms with E-state index in [2.05, 4.69) is 21.6 Å². The predicted octanol–water partition coefficient (Wildman–Crippen LogP) is 3.04. The van der Waals surface area contributed by atoms with E-state index >= 15 is 0 Å². The first-order valence-electron chi connectivity index (χ1n) is 8.83. The summed E-state index contributed by atoms with van der Waals surface area (Å²) in [5.74, 6) is 1.43. The Kier molecular flexibility index (Phi) is 4.77. The molecule has 27 heavy (non-hydrogen) atoms. The summed E-state index contributed by atoms with van der Waals surface area (Å²) in [6.45, 7) is 2.58. The van der Waals surface area contributed by atoms with Crippen LogP contribution >= 0.6 is 12.2 Å². The molecule has 4 rings (SSSR count). The molecule has 3 aromatic rings. The number of para-hydroxylation sites is 1. The molecule has 0 spiro atoms. The third-order valence-electron chi connectivity index (χ3n) is 4.58. The van der Waals surface area contributed by atoms with Crippen LogP contribution in [0.25, 0.3) is 11.4 Å². The number of aromatic amines is 1. The fourth-order valence-electron chi connectivity index (χ4n) is 3.26. The van der Waals surface area contributed by atoms with Crippen LogP contribution in [-0.2, 0) is 17.8 Å². The molecule has 0 fully saturated rings. The van der Waals surface area contributed by atoms with E-state index in [1.165, 1.54) is 5.56 Å². The number of fused-ring (bicyclic) bond motifs is 1. The van der Waals surface area contributed by atoms with Crippen LogP contribution in [0.5, 0.6) is 5.75 Å². The normalized spacial score (nSPS) is 15.2. The molecule has 1 aromatic heterocycles. The van der Waals surface area contributed by atoms with Crippen molar-refractivity contribution >= 4 is 18.1 Å². The molecule has 7 heteroatoms. The Hall–Kier alpha value is -2.93. The summed E-state index contributed by atoms with van der Waals surface area (Å²) < 4.78 is 8.00. The highest BCUT2D eigenvalue weighted by molar-refractivity contribution is 7.71. The van der Waals surface area contributed by atoms with Gasteiger partial charge in [-0.3, -0.25) is 14.5 Å². The van der Waals surface area contributed by atoms with E-state index in [-0.39, 0.29) is 18.6 Å². The second kappa shape index (κ2) is 7.36. The molecule has 2 aromatic carbocycles. The third kappa shape index (κ3) is 3.78. The topological polar surface area (TPSA) is 71.9 Å². The van der Waals surface area contributed by atoms with Crippen molar-refractivity contribution in [2.45, 2.75) is 26.0 Å². The van der Waals surface area contributed by atoms with E-state index in [9.17, 15) is 4.79 Å². The Morgan fingerprint density at radius 2 is 2.19 bits per heavy atom. The molecule has 0 saturated heterocycles. The van der Waals surface area contributed by atoms with Crippen LogP contribution < -0.4 is 10.1 Å². The Balaban J connectivity index is 1.41. The van der Waals surface area contributed by atoms with Gasteiger partial charge < -0.3 is 10.1 Å². The van der Waals surface area contributed by atoms with E-state index in [1.807, 2.05) is 49.4 Å². The first-order valence-corrected chi connectivity index (χ1v) is 9.24. The number of nitrogens with zero attached hydrogens (tertiary/aromatic N) is 2. The van der Waals surface area contributed by atoms with Crippen molar-refractivity contribution in [3.05, 3.63) is 64.4 Å². The maximum Gasteiger partial charge on any atom is 0.240 e. The summed E-state index contributed by atoms with van der Waals surface area (Å²) in [7, 11) is 0. The minimum Gasteiger partial charge on any atom is -0.488 e. The Morgan fingerprint density at radius 3 is 3.00 bits per heavy atom. The van der Waals surface area contributed by atoms with Crippen molar-refractivity contribution in [1.29, 1.82) is 0 Å². The van der Waals surface area contributed by atoms with Crippen LogP contribution in [0, 0.1) is 11.7 Å². The Morgan fingerprint density at radius 1 is 1.33 bits per heavy atom. The van der Waals surface area contributed by atoms with Crippen LogP contribution in [0.1, 0.15) is 11.1 Å². The minimum atomic E-state index is -0.124. The minimum absolute atomic E-state index is 0.0417. The van der Waals surface area contributed by atoms with E-state index in [0.717, 1.165) is 23.3 Å². The van der Waals surface area contributed by atoms with Crippen molar-refractivity contribution in [3.8, 4) is 17.1 Å². The second-order valence-electron chi connectivity index (χ2n) is 6.66. The highest BCUT2D eigenvalue weighted by Gasteiger charge is 2.23. The summed E-state index contributed by atoms with van der Waals surface area (Å²) in [5, 5.41) is 10.0. The van der Waals surface area contributed by atoms with E-state index in [4.69, 9.17) is 17.0 Å². The molecule has 1 aliphatic heterocycles. The van der Waals surface area contributed by atoms with Crippen molar-refractivity contribution in [3.63, 3.8) is 0 Å². The largest absolute Gasteiger partial charge is 0.488 e. The number of ether oxygens (including phenoxy) is 1. The fourth-order valence-corrected chi connectivity index (χ4v) is 3.46. The van der Waals surface area contributed by atoms with Crippen molar-refractivity contribution in [2.24, 2.45) is 0 Å². The molecule has 1 amide bonds. The van der Waals surface area contributed by atoms with Gasteiger partial charge in [-0.05, 0) is 36.8 Å². The molecular formula is C20H20N4O2S. The SMILES string of the molecule is Cc1cccc(-c2n[nH]c(=S)n2CC(=O)NC[C@H]2Cc3ccccc3O2)c1. The number of H-pyrrole nitrogens is 1. The molecule has 0 saturated carbocycles. The number of amides is 1. The van der Waals surface area contributed by atoms with Gasteiger partial charge in [0.05, 0.1) is 6.54 Å². The second-order valence-corrected chi connectivity index (χ2v) is 7.05. The van der Waals surface area contributed by atoms with E-state index < -0.39 is 0 Å². The molecule has 6 nitrogen and oxygen atoms in total. The molecule has 0 radical (unpaired) electrons. The predicted molar refractivity (Wildman–Crippen MR) is 105 cm³/mol. The monoisotopic (exact) mass is 380 g/mol. The highest BCUT2D eigenvalue weighted by Crippen LogP contribution is 2.27. The number of hydrogen-bond acceptors (Lipinski definition) is 4. The summed E-state index contributed by atoms with van der Waals surface area (Å²) >= 11 is 5.30. The van der Waals surface area contributed by atoms with Gasteiger partial charge >= 0.3 is 0 Å². The number of aryl methyl sites for hydroxylation is 1. The number of carbonyl (C=O) groups is 1. The Bertz CT molecular complexity index is 1020. The van der Waals surface area contributed by atoms with E-state index in [1.54, 1.807) is 4.57 Å². The van der Waals surface area contributed by atoms with Crippen molar-refractivity contribution < 1.29 is 9.53 Å². The maximum atomic E-state index is 12.5. The molecule has 0 bridgehead atoms. The molecule has 2 N–H and O–H groups in total. The summed E-state index contributed by atoms with van der Waals surface area (Å²) in [6.07, 6.45) is 0.760. The third-order valence-corrected chi connectivity index (χ3v) is 4.89. The fraction of sp³-hybridized carbons (Fsp3) is 0.250. The lowest BCUT2D eigenvalue weighted by molar-refractivity contribution is -0.122. The maximum absolute atomic E-state index is 12.5. The molecule has 0 unspecified atom stereocenters. The number of rotatable bonds is 5. The quantitative estimate of drug-likeness (QED) is 0.668. The lowest BCUT2D eigenvalue weighted by atomic mass is 10.1. The summed E-state index contributed by atoms with van der Waals surface area (Å²) in [6, 6.07) is 15.9. The first-order chi connectivity index (χ1) is 13.1. The van der Waals surface area contributed by atoms with Gasteiger partial charge in [-0.25, -0.2) is 0 Å². The van der Waals surface area contributed by atoms with Crippen LogP contribution in [0.2, 0.25) is 0 Å². The van der Waals surface area contributed by atoms with Gasteiger partial charge in [0.2, 0.25) is 5.91 Å². The standard InChI is InChI=1S/C20H20N4O2S/c1-13-5-4-7-15(9-13)19-22-23-20(27)24(19)12-18(25)21-11-16-10-14-6-2-3-8-17(14)26-16/h2-9,16H,10-12H2,1H3,(H,21,25)(H,23,27)/t16-/m1/s1. The number of aromatic nitrogens is 3. The number of benzene rings is 2. The lowest BCUT2D eigenvalue weighted by Crippen LogP contribution is -2.36. The van der Waals surface area contributed by atoms with Gasteiger partial charge in [-0.1, -0.05) is 42.0 Å². The molecule has 1 aliphatic rings. The zero-order valence-electron chi connectivity index (χ0n) is 14.9. The first kappa shape index (κ1) is 17.5. The summed E-state index contributed by atoms with van der Waals surface area (Å²) in [5.41, 5.74) is 3.22. The van der Waals surface area contributed by atoms with Crippen LogP contribution in [-0.4, -0.2) is 33.3 Å². The average Bonchev–Trinajstić information content (AvgIpc) is 3.23. The number of nitrogens with one attached hydrogen (secondary N) is 2. The lowest BCUT2D eigenvalue weighted by Gasteiger charge is -2.13. The average molecular weight is 380 g/mol. The van der Waals surface area contributed by atoms with Gasteiger partial charge in [0.25, 0.3) is 0 Å². The molecule has 0 aliphatic carbocycles. The van der Waals surface area contributed by atoms with Gasteiger partial charge in [-0.15, -0.1) is 0 Å². The Labute approximate surface area is 162 Å². The zero-order valence-corrected chi connectivity index (χ0v) is 15.8. The van der Waals surface area contributed by atoms with Gasteiger partial charge in [0.15, 0.2) is 10.6 Å². The zero-order chi connectivity index (χ0) is 18.8. The summed E-state index contributed by atoms with van der Waals surface area (Å²) in [4.78, 5) is 12.5. The highest BCUT2D eigenvalue weighted by atomic mass is 32.1. The van der Waals surface area contributed by atoms with E-state index in [0.29, 0.717) is 17.1 Å². The van der Waals surface area contributed by atoms with Crippen molar-refractivity contribution in [1.82, 2.24) is 20.1 Å². The van der Waals surface area contributed by atoms with Gasteiger partial charge in [0.1, 0.15) is 18.4 Å². The number of hydrogen-bond donors (Lipinski definition) is 2. The van der Waals surface area contributed by atoms with Crippen molar-refractivity contribution in [2.75, 3.05) is 6.54 Å².